The summed E-state index contributed by atoms with van der Waals surface area (Å²) in [6.07, 6.45) is 8.38. The highest BCUT2D eigenvalue weighted by atomic mass is 19.1. The number of H-pyrrole nitrogens is 1. The highest BCUT2D eigenvalue weighted by Gasteiger charge is 2.50. The van der Waals surface area contributed by atoms with Gasteiger partial charge in [-0.25, -0.2) is 9.18 Å². The number of hydrogen-bond acceptors (Lipinski definition) is 4. The molecule has 0 atom stereocenters. The molecular formula is C21H23FN4O3. The second-order valence-corrected chi connectivity index (χ2v) is 9.12. The maximum Gasteiger partial charge on any atom is 0.349 e. The molecule has 0 unspecified atom stereocenters. The molecule has 1 amide bonds. The fraction of sp³-hybridized carbons (Fsp3) is 0.524. The van der Waals surface area contributed by atoms with Gasteiger partial charge in [0.05, 0.1) is 11.3 Å². The summed E-state index contributed by atoms with van der Waals surface area (Å²) in [5.41, 5.74) is -1.14. The molecular weight excluding hydrogens is 375 g/mol. The number of rotatable bonds is 4. The van der Waals surface area contributed by atoms with E-state index in [9.17, 15) is 18.8 Å². The van der Waals surface area contributed by atoms with Crippen LogP contribution in [0.2, 0.25) is 0 Å². The van der Waals surface area contributed by atoms with Gasteiger partial charge in [-0.15, -0.1) is 0 Å². The third kappa shape index (κ3) is 3.30. The zero-order valence-corrected chi connectivity index (χ0v) is 16.0. The molecule has 1 aromatic heterocycles. The summed E-state index contributed by atoms with van der Waals surface area (Å²) in [6, 6.07) is 3.77. The van der Waals surface area contributed by atoms with Crippen molar-refractivity contribution < 1.29 is 9.18 Å². The molecule has 2 N–H and O–H groups in total. The Morgan fingerprint density at radius 2 is 1.83 bits per heavy atom. The maximum absolute atomic E-state index is 14.4. The number of aromatic amines is 1. The van der Waals surface area contributed by atoms with Gasteiger partial charge in [-0.05, 0) is 79.9 Å². The summed E-state index contributed by atoms with van der Waals surface area (Å²) >= 11 is 0. The Morgan fingerprint density at radius 1 is 1.17 bits per heavy atom. The highest BCUT2D eigenvalue weighted by molar-refractivity contribution is 5.95. The van der Waals surface area contributed by atoms with Crippen molar-refractivity contribution in [1.82, 2.24) is 20.1 Å². The first-order chi connectivity index (χ1) is 13.9. The highest BCUT2D eigenvalue weighted by Crippen LogP contribution is 2.59. The Kier molecular flexibility index (Phi) is 4.18. The average molecular weight is 398 g/mol. The molecule has 1 aromatic carbocycles. The van der Waals surface area contributed by atoms with Crippen LogP contribution in [0.4, 0.5) is 4.39 Å². The average Bonchev–Trinajstić information content (AvgIpc) is 2.66. The molecule has 4 aliphatic rings. The number of aromatic nitrogens is 3. The third-order valence-corrected chi connectivity index (χ3v) is 6.94. The number of nitrogens with zero attached hydrogens (tertiary/aromatic N) is 2. The van der Waals surface area contributed by atoms with Crippen LogP contribution >= 0.6 is 0 Å². The van der Waals surface area contributed by atoms with E-state index in [0.29, 0.717) is 6.54 Å². The van der Waals surface area contributed by atoms with Crippen molar-refractivity contribution in [3.05, 3.63) is 56.6 Å². The van der Waals surface area contributed by atoms with Crippen molar-refractivity contribution in [1.29, 1.82) is 0 Å². The van der Waals surface area contributed by atoms with E-state index in [1.807, 2.05) is 0 Å². The summed E-state index contributed by atoms with van der Waals surface area (Å²) in [5, 5.41) is 6.71. The molecule has 8 heteroatoms. The molecule has 6 rings (SSSR count). The van der Waals surface area contributed by atoms with E-state index < -0.39 is 23.0 Å². The number of hydrogen-bond donors (Lipinski definition) is 2. The summed E-state index contributed by atoms with van der Waals surface area (Å²) in [4.78, 5) is 38.0. The van der Waals surface area contributed by atoms with E-state index >= 15 is 0 Å². The van der Waals surface area contributed by atoms with Gasteiger partial charge in [-0.3, -0.25) is 14.6 Å². The predicted octanol–water partition coefficient (Wildman–Crippen LogP) is 2.01. The Balaban J connectivity index is 1.36. The second kappa shape index (κ2) is 6.64. The van der Waals surface area contributed by atoms with Crippen LogP contribution in [0.3, 0.4) is 0 Å². The minimum Gasteiger partial charge on any atom is -0.351 e. The van der Waals surface area contributed by atoms with Gasteiger partial charge in [0.15, 0.2) is 0 Å². The molecule has 0 radical (unpaired) electrons. The Morgan fingerprint density at radius 3 is 2.45 bits per heavy atom. The smallest absolute Gasteiger partial charge is 0.349 e. The predicted molar refractivity (Wildman–Crippen MR) is 103 cm³/mol. The molecule has 0 saturated heterocycles. The normalized spacial score (nSPS) is 29.8. The first kappa shape index (κ1) is 18.3. The van der Waals surface area contributed by atoms with Gasteiger partial charge in [-0.1, -0.05) is 0 Å². The van der Waals surface area contributed by atoms with Crippen molar-refractivity contribution in [2.75, 3.05) is 6.54 Å². The topological polar surface area (TPSA) is 96.8 Å². The van der Waals surface area contributed by atoms with Crippen LogP contribution in [0.1, 0.15) is 48.9 Å². The monoisotopic (exact) mass is 398 g/mol. The molecule has 1 heterocycles. The molecule has 7 nitrogen and oxygen atoms in total. The van der Waals surface area contributed by atoms with Crippen molar-refractivity contribution in [3.8, 4) is 5.69 Å². The number of carbonyl (C=O) groups is 1. The van der Waals surface area contributed by atoms with E-state index in [1.165, 1.54) is 31.4 Å². The van der Waals surface area contributed by atoms with Gasteiger partial charge < -0.3 is 5.32 Å². The molecule has 4 fully saturated rings. The van der Waals surface area contributed by atoms with Crippen LogP contribution in [-0.2, 0) is 0 Å². The Labute approximate surface area is 166 Å². The van der Waals surface area contributed by atoms with E-state index in [2.05, 4.69) is 15.4 Å². The number of benzene rings is 1. The lowest BCUT2D eigenvalue weighted by atomic mass is 9.49. The fourth-order valence-electron chi connectivity index (χ4n) is 6.23. The van der Waals surface area contributed by atoms with Crippen LogP contribution < -0.4 is 16.6 Å². The molecule has 29 heavy (non-hydrogen) atoms. The number of carbonyl (C=O) groups excluding carboxylic acids is 1. The number of amides is 1. The van der Waals surface area contributed by atoms with Gasteiger partial charge in [-0.2, -0.15) is 9.78 Å². The zero-order chi connectivity index (χ0) is 20.2. The third-order valence-electron chi connectivity index (χ3n) is 6.94. The second-order valence-electron chi connectivity index (χ2n) is 9.12. The minimum absolute atomic E-state index is 0.132. The SMILES string of the molecule is O=C(NCC12CC3CC(CC(C3)C1)C2)c1cc(-n2ncc(=O)[nH]c2=O)ccc1F. The lowest BCUT2D eigenvalue weighted by Crippen LogP contribution is -2.51. The van der Waals surface area contributed by atoms with Gasteiger partial charge >= 0.3 is 5.69 Å². The van der Waals surface area contributed by atoms with Crippen LogP contribution in [0.25, 0.3) is 5.69 Å². The lowest BCUT2D eigenvalue weighted by molar-refractivity contribution is -0.0503. The molecule has 2 aromatic rings. The lowest BCUT2D eigenvalue weighted by Gasteiger charge is -2.56. The molecule has 4 aliphatic carbocycles. The van der Waals surface area contributed by atoms with Gasteiger partial charge in [0, 0.05) is 6.54 Å². The molecule has 0 spiro atoms. The molecule has 4 saturated carbocycles. The van der Waals surface area contributed by atoms with Crippen LogP contribution in [0.5, 0.6) is 0 Å². The maximum atomic E-state index is 14.4. The standard InChI is InChI=1S/C21H23FN4O3/c22-17-2-1-15(26-20(29)25-18(27)10-24-26)6-16(17)19(28)23-11-21-7-12-3-13(8-21)5-14(4-12)9-21/h1-2,6,10,12-14H,3-5,7-9,11H2,(H,23,28)(H,25,27,29). The van der Waals surface area contributed by atoms with Crippen LogP contribution in [0, 0.1) is 29.0 Å². The first-order valence-corrected chi connectivity index (χ1v) is 10.2. The quantitative estimate of drug-likeness (QED) is 0.823. The zero-order valence-electron chi connectivity index (χ0n) is 16.0. The molecule has 152 valence electrons. The summed E-state index contributed by atoms with van der Waals surface area (Å²) < 4.78 is 15.3. The van der Waals surface area contributed by atoms with Crippen molar-refractivity contribution >= 4 is 5.91 Å². The summed E-state index contributed by atoms with van der Waals surface area (Å²) in [6.45, 7) is 0.565. The fourth-order valence-corrected chi connectivity index (χ4v) is 6.23. The van der Waals surface area contributed by atoms with E-state index in [-0.39, 0.29) is 16.7 Å². The Bertz CT molecular complexity index is 1050. The van der Waals surface area contributed by atoms with Gasteiger partial charge in [0.1, 0.15) is 12.0 Å². The van der Waals surface area contributed by atoms with Gasteiger partial charge in [0.2, 0.25) is 0 Å². The Hall–Kier alpha value is -2.77. The summed E-state index contributed by atoms with van der Waals surface area (Å²) in [7, 11) is 0. The van der Waals surface area contributed by atoms with Crippen LogP contribution in [0.15, 0.2) is 34.0 Å². The van der Waals surface area contributed by atoms with E-state index in [1.54, 1.807) is 0 Å². The number of halogens is 1. The largest absolute Gasteiger partial charge is 0.351 e. The van der Waals surface area contributed by atoms with Crippen molar-refractivity contribution in [3.63, 3.8) is 0 Å². The molecule has 4 bridgehead atoms. The minimum atomic E-state index is -0.746. The first-order valence-electron chi connectivity index (χ1n) is 10.2. The van der Waals surface area contributed by atoms with Gasteiger partial charge in [0.25, 0.3) is 11.5 Å². The summed E-state index contributed by atoms with van der Waals surface area (Å²) in [5.74, 6) is 1.18. The van der Waals surface area contributed by atoms with E-state index in [4.69, 9.17) is 0 Å². The number of nitrogens with one attached hydrogen (secondary N) is 2. The van der Waals surface area contributed by atoms with Crippen LogP contribution in [-0.4, -0.2) is 27.2 Å². The van der Waals surface area contributed by atoms with Crippen molar-refractivity contribution in [2.24, 2.45) is 23.2 Å². The van der Waals surface area contributed by atoms with E-state index in [0.717, 1.165) is 54.0 Å². The molecule has 0 aliphatic heterocycles. The van der Waals surface area contributed by atoms with Crippen molar-refractivity contribution in [2.45, 2.75) is 38.5 Å².